The van der Waals surface area contributed by atoms with Crippen molar-refractivity contribution in [2.45, 2.75) is 0 Å². The van der Waals surface area contributed by atoms with Crippen molar-refractivity contribution in [2.75, 3.05) is 47.4 Å². The zero-order valence-electron chi connectivity index (χ0n) is 11.7. The van der Waals surface area contributed by atoms with Crippen LogP contribution in [0.2, 0.25) is 0 Å². The first kappa shape index (κ1) is 13.7. The lowest BCUT2D eigenvalue weighted by atomic mass is 10.1. The second-order valence-corrected chi connectivity index (χ2v) is 4.85. The summed E-state index contributed by atoms with van der Waals surface area (Å²) in [5, 5.41) is 0. The fourth-order valence-electron chi connectivity index (χ4n) is 2.21. The number of ether oxygens (including phenoxy) is 2. The van der Waals surface area contributed by atoms with Gasteiger partial charge in [0.05, 0.1) is 47.4 Å². The van der Waals surface area contributed by atoms with Crippen molar-refractivity contribution in [3.63, 3.8) is 0 Å². The number of hydrogen-bond donors (Lipinski definition) is 1. The summed E-state index contributed by atoms with van der Waals surface area (Å²) in [5.74, 6) is 1.33. The number of amides is 1. The molecule has 5 nitrogen and oxygen atoms in total. The lowest BCUT2D eigenvalue weighted by Crippen LogP contribution is -3.12. The van der Waals surface area contributed by atoms with Crippen LogP contribution in [-0.4, -0.2) is 58.3 Å². The van der Waals surface area contributed by atoms with Gasteiger partial charge in [-0.05, 0) is 12.1 Å². The smallest absolute Gasteiger partial charge is 0.254 e. The number of carbonyl (C=O) groups is 1. The Morgan fingerprint density at radius 3 is 2.11 bits per heavy atom. The van der Waals surface area contributed by atoms with Crippen LogP contribution in [0.15, 0.2) is 18.2 Å². The second-order valence-electron chi connectivity index (χ2n) is 4.85. The van der Waals surface area contributed by atoms with Gasteiger partial charge < -0.3 is 19.3 Å². The number of carbonyl (C=O) groups excluding carboxylic acids is 1. The molecule has 104 valence electrons. The minimum atomic E-state index is 0.0460. The highest BCUT2D eigenvalue weighted by Gasteiger charge is 2.23. The van der Waals surface area contributed by atoms with Crippen LogP contribution in [0.5, 0.6) is 11.5 Å². The molecule has 1 aliphatic heterocycles. The maximum Gasteiger partial charge on any atom is 0.254 e. The lowest BCUT2D eigenvalue weighted by molar-refractivity contribution is -0.883. The molecule has 1 saturated heterocycles. The fraction of sp³-hybridized carbons (Fsp3) is 0.500. The Bertz CT molecular complexity index is 432. The Labute approximate surface area is 113 Å². The predicted molar refractivity (Wildman–Crippen MR) is 72.1 cm³/mol. The van der Waals surface area contributed by atoms with Crippen molar-refractivity contribution in [1.29, 1.82) is 0 Å². The molecular formula is C14H21N2O3+. The van der Waals surface area contributed by atoms with E-state index in [1.54, 1.807) is 32.4 Å². The van der Waals surface area contributed by atoms with E-state index >= 15 is 0 Å². The van der Waals surface area contributed by atoms with E-state index in [9.17, 15) is 4.79 Å². The van der Waals surface area contributed by atoms with Crippen LogP contribution in [-0.2, 0) is 0 Å². The molecule has 0 bridgehead atoms. The zero-order valence-corrected chi connectivity index (χ0v) is 11.7. The van der Waals surface area contributed by atoms with Crippen LogP contribution in [0.25, 0.3) is 0 Å². The molecule has 0 atom stereocenters. The Morgan fingerprint density at radius 1 is 1.11 bits per heavy atom. The molecule has 0 spiro atoms. The average Bonchev–Trinajstić information content (AvgIpc) is 2.46. The Hall–Kier alpha value is -1.75. The first-order valence-electron chi connectivity index (χ1n) is 6.47. The topological polar surface area (TPSA) is 43.2 Å². The molecule has 1 heterocycles. The minimum absolute atomic E-state index is 0.0460. The van der Waals surface area contributed by atoms with Gasteiger partial charge in [0.15, 0.2) is 0 Å². The van der Waals surface area contributed by atoms with Crippen molar-refractivity contribution in [2.24, 2.45) is 0 Å². The zero-order chi connectivity index (χ0) is 13.8. The van der Waals surface area contributed by atoms with Gasteiger partial charge in [-0.15, -0.1) is 0 Å². The van der Waals surface area contributed by atoms with Gasteiger partial charge >= 0.3 is 0 Å². The van der Waals surface area contributed by atoms with E-state index in [1.165, 1.54) is 4.90 Å². The summed E-state index contributed by atoms with van der Waals surface area (Å²) in [4.78, 5) is 15.8. The second kappa shape index (κ2) is 5.93. The first-order valence-corrected chi connectivity index (χ1v) is 6.47. The number of methoxy groups -OCH3 is 2. The van der Waals surface area contributed by atoms with Gasteiger partial charge in [0.1, 0.15) is 11.5 Å². The quantitative estimate of drug-likeness (QED) is 0.814. The molecule has 1 aromatic carbocycles. The first-order chi connectivity index (χ1) is 9.13. The number of hydrogen-bond acceptors (Lipinski definition) is 3. The third kappa shape index (κ3) is 3.17. The minimum Gasteiger partial charge on any atom is -0.497 e. The molecule has 0 radical (unpaired) electrons. The van der Waals surface area contributed by atoms with Crippen molar-refractivity contribution in [3.05, 3.63) is 23.8 Å². The van der Waals surface area contributed by atoms with E-state index < -0.39 is 0 Å². The monoisotopic (exact) mass is 265 g/mol. The molecule has 0 aromatic heterocycles. The largest absolute Gasteiger partial charge is 0.497 e. The normalized spacial score (nSPS) is 16.3. The SMILES string of the molecule is COc1cc(OC)cc(C(=O)N2CC[NH+](C)CC2)c1. The number of piperazine rings is 1. The van der Waals surface area contributed by atoms with Crippen LogP contribution >= 0.6 is 0 Å². The molecule has 2 rings (SSSR count). The standard InChI is InChI=1S/C14H20N2O3/c1-15-4-6-16(7-5-15)14(17)11-8-12(18-2)10-13(9-11)19-3/h8-10H,4-7H2,1-3H3/p+1. The molecule has 0 aliphatic carbocycles. The number of likely N-dealkylation sites (N-methyl/N-ethyl adjacent to an activating group) is 1. The molecule has 1 aliphatic rings. The molecular weight excluding hydrogens is 244 g/mol. The summed E-state index contributed by atoms with van der Waals surface area (Å²) in [6, 6.07) is 5.29. The Morgan fingerprint density at radius 2 is 1.63 bits per heavy atom. The van der Waals surface area contributed by atoms with Gasteiger partial charge in [-0.2, -0.15) is 0 Å². The summed E-state index contributed by atoms with van der Waals surface area (Å²) < 4.78 is 10.4. The number of nitrogens with zero attached hydrogens (tertiary/aromatic N) is 1. The molecule has 5 heteroatoms. The fourth-order valence-corrected chi connectivity index (χ4v) is 2.21. The van der Waals surface area contributed by atoms with Gasteiger partial charge in [0.25, 0.3) is 5.91 Å². The summed E-state index contributed by atoms with van der Waals surface area (Å²) in [6.07, 6.45) is 0. The predicted octanol–water partition coefficient (Wildman–Crippen LogP) is -0.326. The van der Waals surface area contributed by atoms with E-state index in [1.807, 2.05) is 4.90 Å². The van der Waals surface area contributed by atoms with Gasteiger partial charge in [-0.25, -0.2) is 0 Å². The summed E-state index contributed by atoms with van der Waals surface area (Å²) in [6.45, 7) is 3.58. The third-order valence-electron chi connectivity index (χ3n) is 3.50. The van der Waals surface area contributed by atoms with Crippen LogP contribution < -0.4 is 14.4 Å². The van der Waals surface area contributed by atoms with Crippen molar-refractivity contribution >= 4 is 5.91 Å². The number of nitrogens with one attached hydrogen (secondary N) is 1. The van der Waals surface area contributed by atoms with E-state index in [2.05, 4.69) is 7.05 Å². The van der Waals surface area contributed by atoms with E-state index in [-0.39, 0.29) is 5.91 Å². The molecule has 1 N–H and O–H groups in total. The Balaban J connectivity index is 2.18. The Kier molecular flexibility index (Phi) is 4.27. The number of quaternary nitrogens is 1. The highest BCUT2D eigenvalue weighted by atomic mass is 16.5. The van der Waals surface area contributed by atoms with Crippen LogP contribution in [0.3, 0.4) is 0 Å². The average molecular weight is 265 g/mol. The maximum absolute atomic E-state index is 12.4. The van der Waals surface area contributed by atoms with E-state index in [0.29, 0.717) is 17.1 Å². The van der Waals surface area contributed by atoms with E-state index in [0.717, 1.165) is 26.2 Å². The van der Waals surface area contributed by atoms with Gasteiger partial charge in [-0.1, -0.05) is 0 Å². The van der Waals surface area contributed by atoms with Gasteiger partial charge in [-0.3, -0.25) is 4.79 Å². The molecule has 0 saturated carbocycles. The van der Waals surface area contributed by atoms with Gasteiger partial charge in [0, 0.05) is 11.6 Å². The van der Waals surface area contributed by atoms with Crippen LogP contribution in [0.4, 0.5) is 0 Å². The van der Waals surface area contributed by atoms with Crippen LogP contribution in [0, 0.1) is 0 Å². The summed E-state index contributed by atoms with van der Waals surface area (Å²) in [7, 11) is 5.32. The number of benzene rings is 1. The van der Waals surface area contributed by atoms with Gasteiger partial charge in [0.2, 0.25) is 0 Å². The van der Waals surface area contributed by atoms with Crippen molar-refractivity contribution in [1.82, 2.24) is 4.90 Å². The summed E-state index contributed by atoms with van der Waals surface area (Å²) in [5.41, 5.74) is 0.621. The molecule has 0 unspecified atom stereocenters. The van der Waals surface area contributed by atoms with E-state index in [4.69, 9.17) is 9.47 Å². The van der Waals surface area contributed by atoms with Crippen LogP contribution in [0.1, 0.15) is 10.4 Å². The number of rotatable bonds is 3. The molecule has 19 heavy (non-hydrogen) atoms. The molecule has 1 amide bonds. The highest BCUT2D eigenvalue weighted by Crippen LogP contribution is 2.23. The molecule has 1 aromatic rings. The molecule has 1 fully saturated rings. The summed E-state index contributed by atoms with van der Waals surface area (Å²) >= 11 is 0. The third-order valence-corrected chi connectivity index (χ3v) is 3.50. The maximum atomic E-state index is 12.4. The highest BCUT2D eigenvalue weighted by molar-refractivity contribution is 5.95. The van der Waals surface area contributed by atoms with Crippen molar-refractivity contribution in [3.8, 4) is 11.5 Å². The lowest BCUT2D eigenvalue weighted by Gasteiger charge is -2.30. The van der Waals surface area contributed by atoms with Crippen molar-refractivity contribution < 1.29 is 19.2 Å².